The Morgan fingerprint density at radius 3 is 2.80 bits per heavy atom. The van der Waals surface area contributed by atoms with E-state index in [1.54, 1.807) is 12.1 Å². The second-order valence-electron chi connectivity index (χ2n) is 5.88. The average Bonchev–Trinajstić information content (AvgIpc) is 3.30. The van der Waals surface area contributed by atoms with Gasteiger partial charge < -0.3 is 10.6 Å². The van der Waals surface area contributed by atoms with Crippen LogP contribution in [0.3, 0.4) is 0 Å². The van der Waals surface area contributed by atoms with Gasteiger partial charge in [0.2, 0.25) is 0 Å². The van der Waals surface area contributed by atoms with Gasteiger partial charge in [-0.15, -0.1) is 0 Å². The van der Waals surface area contributed by atoms with Crippen molar-refractivity contribution in [2.45, 2.75) is 32.6 Å². The van der Waals surface area contributed by atoms with Crippen molar-refractivity contribution in [3.05, 3.63) is 22.8 Å². The third-order valence-electron chi connectivity index (χ3n) is 4.36. The van der Waals surface area contributed by atoms with Crippen LogP contribution in [0.2, 0.25) is 5.02 Å². The highest BCUT2D eigenvalue weighted by molar-refractivity contribution is 6.33. The maximum absolute atomic E-state index is 12.3. The minimum atomic E-state index is -0.165. The van der Waals surface area contributed by atoms with Gasteiger partial charge in [0.15, 0.2) is 0 Å². The number of hydrogen-bond donors (Lipinski definition) is 2. The minimum Gasteiger partial charge on any atom is -0.370 e. The van der Waals surface area contributed by atoms with Gasteiger partial charge in [0, 0.05) is 13.1 Å². The van der Waals surface area contributed by atoms with Crippen LogP contribution in [0, 0.1) is 11.3 Å². The van der Waals surface area contributed by atoms with Crippen molar-refractivity contribution in [2.24, 2.45) is 11.3 Å². The van der Waals surface area contributed by atoms with Crippen molar-refractivity contribution in [1.29, 1.82) is 0 Å². The van der Waals surface area contributed by atoms with E-state index in [2.05, 4.69) is 15.6 Å². The molecule has 0 spiro atoms. The molecule has 0 saturated heterocycles. The van der Waals surface area contributed by atoms with Gasteiger partial charge in [-0.3, -0.25) is 4.79 Å². The molecule has 2 saturated carbocycles. The van der Waals surface area contributed by atoms with Crippen LogP contribution in [0.15, 0.2) is 12.1 Å². The number of halogens is 1. The van der Waals surface area contributed by atoms with E-state index >= 15 is 0 Å². The number of hydrogen-bond acceptors (Lipinski definition) is 3. The van der Waals surface area contributed by atoms with Gasteiger partial charge in [0.05, 0.1) is 5.02 Å². The van der Waals surface area contributed by atoms with Crippen molar-refractivity contribution >= 4 is 23.3 Å². The minimum absolute atomic E-state index is 0.165. The van der Waals surface area contributed by atoms with E-state index in [0.29, 0.717) is 21.9 Å². The molecule has 0 aromatic carbocycles. The smallest absolute Gasteiger partial charge is 0.271 e. The zero-order valence-electron chi connectivity index (χ0n) is 11.7. The number of pyridine rings is 1. The molecule has 2 aliphatic carbocycles. The Labute approximate surface area is 124 Å². The maximum Gasteiger partial charge on any atom is 0.271 e. The van der Waals surface area contributed by atoms with E-state index in [1.807, 2.05) is 6.92 Å². The van der Waals surface area contributed by atoms with Crippen LogP contribution >= 0.6 is 11.6 Å². The second-order valence-corrected chi connectivity index (χ2v) is 6.28. The van der Waals surface area contributed by atoms with Crippen LogP contribution in [0.4, 0.5) is 5.82 Å². The van der Waals surface area contributed by atoms with Crippen molar-refractivity contribution in [3.63, 3.8) is 0 Å². The van der Waals surface area contributed by atoms with E-state index in [4.69, 9.17) is 11.6 Å². The van der Waals surface area contributed by atoms with Crippen molar-refractivity contribution in [1.82, 2.24) is 10.3 Å². The van der Waals surface area contributed by atoms with Gasteiger partial charge >= 0.3 is 0 Å². The summed E-state index contributed by atoms with van der Waals surface area (Å²) in [6, 6.07) is 3.50. The van der Waals surface area contributed by atoms with E-state index < -0.39 is 0 Å². The molecule has 2 fully saturated rings. The number of amides is 1. The van der Waals surface area contributed by atoms with E-state index in [1.165, 1.54) is 25.7 Å². The summed E-state index contributed by atoms with van der Waals surface area (Å²) in [5.74, 6) is 1.35. The Bertz CT molecular complexity index is 524. The summed E-state index contributed by atoms with van der Waals surface area (Å²) < 4.78 is 0. The SMILES string of the molecule is CCNc1ccc(Cl)c(C(=O)NCC2(C3CC3)CC2)n1. The van der Waals surface area contributed by atoms with E-state index in [0.717, 1.165) is 19.0 Å². The fourth-order valence-electron chi connectivity index (χ4n) is 2.81. The number of carbonyl (C=O) groups excluding carboxylic acids is 1. The number of carbonyl (C=O) groups is 1. The molecule has 1 aromatic rings. The second kappa shape index (κ2) is 5.24. The number of anilines is 1. The number of nitrogens with zero attached hydrogens (tertiary/aromatic N) is 1. The predicted molar refractivity (Wildman–Crippen MR) is 80.1 cm³/mol. The van der Waals surface area contributed by atoms with E-state index in [-0.39, 0.29) is 5.91 Å². The zero-order chi connectivity index (χ0) is 14.2. The summed E-state index contributed by atoms with van der Waals surface area (Å²) in [6.07, 6.45) is 5.14. The summed E-state index contributed by atoms with van der Waals surface area (Å²) >= 11 is 6.08. The number of rotatable bonds is 6. The van der Waals surface area contributed by atoms with Crippen LogP contribution in [0.25, 0.3) is 0 Å². The monoisotopic (exact) mass is 293 g/mol. The number of nitrogens with one attached hydrogen (secondary N) is 2. The molecule has 1 amide bonds. The molecular weight excluding hydrogens is 274 g/mol. The Morgan fingerprint density at radius 1 is 1.45 bits per heavy atom. The molecule has 108 valence electrons. The molecule has 0 radical (unpaired) electrons. The highest BCUT2D eigenvalue weighted by atomic mass is 35.5. The Morgan fingerprint density at radius 2 is 2.20 bits per heavy atom. The quantitative estimate of drug-likeness (QED) is 0.847. The molecule has 4 nitrogen and oxygen atoms in total. The van der Waals surface area contributed by atoms with Crippen molar-refractivity contribution in [2.75, 3.05) is 18.4 Å². The van der Waals surface area contributed by atoms with Gasteiger partial charge in [-0.25, -0.2) is 4.98 Å². The molecule has 2 aliphatic rings. The third kappa shape index (κ3) is 2.75. The lowest BCUT2D eigenvalue weighted by molar-refractivity contribution is 0.0938. The third-order valence-corrected chi connectivity index (χ3v) is 4.66. The maximum atomic E-state index is 12.3. The summed E-state index contributed by atoms with van der Waals surface area (Å²) in [6.45, 7) is 3.52. The van der Waals surface area contributed by atoms with Crippen LogP contribution in [0.5, 0.6) is 0 Å². The summed E-state index contributed by atoms with van der Waals surface area (Å²) in [7, 11) is 0. The first kappa shape index (κ1) is 13.7. The molecule has 2 N–H and O–H groups in total. The van der Waals surface area contributed by atoms with Crippen LogP contribution in [-0.4, -0.2) is 24.0 Å². The van der Waals surface area contributed by atoms with Gasteiger partial charge in [0.25, 0.3) is 5.91 Å². The van der Waals surface area contributed by atoms with Crippen LogP contribution in [-0.2, 0) is 0 Å². The largest absolute Gasteiger partial charge is 0.370 e. The lowest BCUT2D eigenvalue weighted by atomic mass is 10.0. The first-order chi connectivity index (χ1) is 9.64. The van der Waals surface area contributed by atoms with Crippen molar-refractivity contribution in [3.8, 4) is 0 Å². The van der Waals surface area contributed by atoms with Crippen LogP contribution in [0.1, 0.15) is 43.1 Å². The zero-order valence-corrected chi connectivity index (χ0v) is 12.5. The summed E-state index contributed by atoms with van der Waals surface area (Å²) in [5.41, 5.74) is 0.707. The van der Waals surface area contributed by atoms with Crippen LogP contribution < -0.4 is 10.6 Å². The first-order valence-corrected chi connectivity index (χ1v) is 7.71. The molecule has 0 aliphatic heterocycles. The highest BCUT2D eigenvalue weighted by Crippen LogP contribution is 2.60. The number of aromatic nitrogens is 1. The lowest BCUT2D eigenvalue weighted by Crippen LogP contribution is -2.32. The van der Waals surface area contributed by atoms with Gasteiger partial charge in [-0.1, -0.05) is 11.6 Å². The highest BCUT2D eigenvalue weighted by Gasteiger charge is 2.53. The molecule has 20 heavy (non-hydrogen) atoms. The first-order valence-electron chi connectivity index (χ1n) is 7.33. The van der Waals surface area contributed by atoms with Crippen molar-refractivity contribution < 1.29 is 4.79 Å². The summed E-state index contributed by atoms with van der Waals surface area (Å²) in [4.78, 5) is 16.5. The molecule has 0 bridgehead atoms. The fourth-order valence-corrected chi connectivity index (χ4v) is 3.00. The lowest BCUT2D eigenvalue weighted by Gasteiger charge is -2.15. The average molecular weight is 294 g/mol. The standard InChI is InChI=1S/C15H20ClN3O/c1-2-17-12-6-5-11(16)13(19-12)14(20)18-9-15(7-8-15)10-3-4-10/h5-6,10H,2-4,7-9H2,1H3,(H,17,19)(H,18,20). The molecule has 1 heterocycles. The van der Waals surface area contributed by atoms with Gasteiger partial charge in [-0.2, -0.15) is 0 Å². The molecule has 0 unspecified atom stereocenters. The van der Waals surface area contributed by atoms with E-state index in [9.17, 15) is 4.79 Å². The molecule has 5 heteroatoms. The molecule has 3 rings (SSSR count). The van der Waals surface area contributed by atoms with Gasteiger partial charge in [-0.05, 0) is 56.1 Å². The van der Waals surface area contributed by atoms with Gasteiger partial charge in [0.1, 0.15) is 11.5 Å². The molecule has 1 aromatic heterocycles. The molecular formula is C15H20ClN3O. The predicted octanol–water partition coefficient (Wildman–Crippen LogP) is 3.09. The molecule has 0 atom stereocenters. The topological polar surface area (TPSA) is 54.0 Å². The normalized spacial score (nSPS) is 19.5. The summed E-state index contributed by atoms with van der Waals surface area (Å²) in [5, 5.41) is 6.52. The Balaban J connectivity index is 1.65. The fraction of sp³-hybridized carbons (Fsp3) is 0.600. The Kier molecular flexibility index (Phi) is 3.59. The Hall–Kier alpha value is -1.29.